The van der Waals surface area contributed by atoms with Gasteiger partial charge in [0.25, 0.3) is 0 Å². The topological polar surface area (TPSA) is 66.2 Å². The first kappa shape index (κ1) is 13.0. The van der Waals surface area contributed by atoms with Crippen molar-refractivity contribution in [3.05, 3.63) is 24.3 Å². The number of anilines is 1. The summed E-state index contributed by atoms with van der Waals surface area (Å²) in [7, 11) is 5.70. The molecule has 1 aliphatic rings. The number of nitrogens with zero attached hydrogens (tertiary/aromatic N) is 1. The van der Waals surface area contributed by atoms with Crippen LogP contribution in [-0.2, 0) is 0 Å². The molecule has 0 aliphatic carbocycles. The van der Waals surface area contributed by atoms with Crippen molar-refractivity contribution in [2.75, 3.05) is 18.0 Å². The Hall–Kier alpha value is -0.995. The number of rotatable bonds is 1. The molecule has 76 valence electrons. The lowest BCUT2D eigenvalue weighted by molar-refractivity contribution is 0.823. The van der Waals surface area contributed by atoms with Crippen LogP contribution in [0.5, 0.6) is 0 Å². The van der Waals surface area contributed by atoms with Crippen molar-refractivity contribution in [3.8, 4) is 0 Å². The van der Waals surface area contributed by atoms with Crippen molar-refractivity contribution in [2.24, 2.45) is 0 Å². The highest BCUT2D eigenvalue weighted by molar-refractivity contribution is 6.32. The Morgan fingerprint density at radius 3 is 2.29 bits per heavy atom. The molecule has 1 fully saturated rings. The van der Waals surface area contributed by atoms with Crippen LogP contribution in [0.15, 0.2) is 24.3 Å². The van der Waals surface area contributed by atoms with Crippen LogP contribution in [0, 0.1) is 0 Å². The van der Waals surface area contributed by atoms with Crippen LogP contribution in [0.1, 0.15) is 12.8 Å². The van der Waals surface area contributed by atoms with Crippen LogP contribution in [0.25, 0.3) is 0 Å². The molecule has 1 saturated heterocycles. The van der Waals surface area contributed by atoms with Crippen molar-refractivity contribution in [3.63, 3.8) is 0 Å². The SMILES string of the molecule is O.O.[B]c1cccc(N2CCCC2)c1. The van der Waals surface area contributed by atoms with Gasteiger partial charge in [0.15, 0.2) is 0 Å². The van der Waals surface area contributed by atoms with Crippen LogP contribution < -0.4 is 10.4 Å². The fraction of sp³-hybridized carbons (Fsp3) is 0.400. The van der Waals surface area contributed by atoms with E-state index >= 15 is 0 Å². The Kier molecular flexibility index (Phi) is 5.27. The summed E-state index contributed by atoms with van der Waals surface area (Å²) in [5.41, 5.74) is 2.13. The van der Waals surface area contributed by atoms with Gasteiger partial charge in [-0.05, 0) is 25.0 Å². The molecule has 0 amide bonds. The summed E-state index contributed by atoms with van der Waals surface area (Å²) in [6.07, 6.45) is 2.63. The Labute approximate surface area is 85.8 Å². The molecule has 1 aliphatic heterocycles. The van der Waals surface area contributed by atoms with Gasteiger partial charge in [0.2, 0.25) is 0 Å². The Morgan fingerprint density at radius 1 is 1.07 bits per heavy atom. The molecule has 2 rings (SSSR count). The summed E-state index contributed by atoms with van der Waals surface area (Å²) in [4.78, 5) is 2.39. The van der Waals surface area contributed by atoms with Gasteiger partial charge in [0.1, 0.15) is 7.85 Å². The van der Waals surface area contributed by atoms with E-state index in [0.717, 1.165) is 5.46 Å². The van der Waals surface area contributed by atoms with Crippen LogP contribution in [-0.4, -0.2) is 31.9 Å². The molecule has 1 aromatic carbocycles. The van der Waals surface area contributed by atoms with Gasteiger partial charge in [-0.2, -0.15) is 0 Å². The quantitative estimate of drug-likeness (QED) is 0.550. The van der Waals surface area contributed by atoms with Gasteiger partial charge >= 0.3 is 0 Å². The van der Waals surface area contributed by atoms with Gasteiger partial charge in [-0.1, -0.05) is 17.6 Å². The molecule has 0 saturated carbocycles. The zero-order valence-corrected chi connectivity index (χ0v) is 8.16. The summed E-state index contributed by atoms with van der Waals surface area (Å²) < 4.78 is 0. The summed E-state index contributed by atoms with van der Waals surface area (Å²) in [5.74, 6) is 0. The average molecular weight is 193 g/mol. The number of hydrogen-bond acceptors (Lipinski definition) is 1. The second-order valence-electron chi connectivity index (χ2n) is 3.29. The molecule has 3 nitrogen and oxygen atoms in total. The van der Waals surface area contributed by atoms with Gasteiger partial charge in [0.05, 0.1) is 0 Å². The van der Waals surface area contributed by atoms with Crippen molar-refractivity contribution < 1.29 is 11.0 Å². The highest BCUT2D eigenvalue weighted by Gasteiger charge is 2.11. The van der Waals surface area contributed by atoms with Gasteiger partial charge in [-0.3, -0.25) is 0 Å². The van der Waals surface area contributed by atoms with Gasteiger partial charge in [-0.25, -0.2) is 0 Å². The lowest BCUT2D eigenvalue weighted by Crippen LogP contribution is -2.19. The molecule has 0 spiro atoms. The first-order chi connectivity index (χ1) is 5.86. The first-order valence-electron chi connectivity index (χ1n) is 4.47. The molecule has 0 unspecified atom stereocenters. The third-order valence-corrected chi connectivity index (χ3v) is 2.34. The Bertz CT molecular complexity index is 275. The minimum atomic E-state index is 0. The van der Waals surface area contributed by atoms with E-state index in [1.165, 1.54) is 31.6 Å². The molecule has 4 N–H and O–H groups in total. The first-order valence-corrected chi connectivity index (χ1v) is 4.47. The maximum Gasteiger partial charge on any atom is 0.113 e. The third kappa shape index (κ3) is 2.75. The van der Waals surface area contributed by atoms with Crippen molar-refractivity contribution in [1.29, 1.82) is 0 Å². The molecule has 0 aromatic heterocycles. The maximum absolute atomic E-state index is 5.70. The lowest BCUT2D eigenvalue weighted by Gasteiger charge is -2.17. The van der Waals surface area contributed by atoms with E-state index in [1.807, 2.05) is 18.2 Å². The standard InChI is InChI=1S/C10H12BN.2H2O/c11-9-4-3-5-10(8-9)12-6-1-2-7-12;;/h3-5,8H,1-2,6-7H2;2*1H2. The van der Waals surface area contributed by atoms with Crippen LogP contribution in [0.4, 0.5) is 5.69 Å². The summed E-state index contributed by atoms with van der Waals surface area (Å²) in [6, 6.07) is 8.12. The van der Waals surface area contributed by atoms with E-state index in [1.54, 1.807) is 0 Å². The van der Waals surface area contributed by atoms with Crippen molar-refractivity contribution in [1.82, 2.24) is 0 Å². The van der Waals surface area contributed by atoms with E-state index in [9.17, 15) is 0 Å². The maximum atomic E-state index is 5.70. The van der Waals surface area contributed by atoms with Gasteiger partial charge in [-0.15, -0.1) is 0 Å². The van der Waals surface area contributed by atoms with E-state index in [2.05, 4.69) is 11.0 Å². The molecule has 1 aromatic rings. The highest BCUT2D eigenvalue weighted by Crippen LogP contribution is 2.17. The second kappa shape index (κ2) is 5.68. The van der Waals surface area contributed by atoms with Crippen molar-refractivity contribution >= 4 is 19.0 Å². The molecule has 14 heavy (non-hydrogen) atoms. The predicted octanol–water partition coefficient (Wildman–Crippen LogP) is -0.569. The summed E-state index contributed by atoms with van der Waals surface area (Å²) >= 11 is 0. The molecule has 2 radical (unpaired) electrons. The van der Waals surface area contributed by atoms with E-state index < -0.39 is 0 Å². The molecule has 0 bridgehead atoms. The van der Waals surface area contributed by atoms with E-state index in [4.69, 9.17) is 7.85 Å². The minimum Gasteiger partial charge on any atom is -0.412 e. The number of benzene rings is 1. The molecule has 0 atom stereocenters. The molecule has 1 heterocycles. The van der Waals surface area contributed by atoms with Crippen LogP contribution >= 0.6 is 0 Å². The highest BCUT2D eigenvalue weighted by atomic mass is 16.0. The Morgan fingerprint density at radius 2 is 1.71 bits per heavy atom. The monoisotopic (exact) mass is 193 g/mol. The predicted molar refractivity (Wildman–Crippen MR) is 60.5 cm³/mol. The molecule has 4 heteroatoms. The average Bonchev–Trinajstić information content (AvgIpc) is 2.56. The summed E-state index contributed by atoms with van der Waals surface area (Å²) in [6.45, 7) is 2.37. The molecular weight excluding hydrogens is 177 g/mol. The molecular formula is C10H16BNO2. The second-order valence-corrected chi connectivity index (χ2v) is 3.29. The third-order valence-electron chi connectivity index (χ3n) is 2.34. The normalized spacial score (nSPS) is 14.4. The van der Waals surface area contributed by atoms with Crippen LogP contribution in [0.2, 0.25) is 0 Å². The van der Waals surface area contributed by atoms with Crippen molar-refractivity contribution in [2.45, 2.75) is 12.8 Å². The van der Waals surface area contributed by atoms with Crippen LogP contribution in [0.3, 0.4) is 0 Å². The zero-order chi connectivity index (χ0) is 8.39. The smallest absolute Gasteiger partial charge is 0.113 e. The van der Waals surface area contributed by atoms with E-state index in [0.29, 0.717) is 0 Å². The largest absolute Gasteiger partial charge is 0.412 e. The number of hydrogen-bond donors (Lipinski definition) is 0. The van der Waals surface area contributed by atoms with E-state index in [-0.39, 0.29) is 11.0 Å². The Balaban J connectivity index is 0.000000845. The minimum absolute atomic E-state index is 0. The fourth-order valence-corrected chi connectivity index (χ4v) is 1.70. The fourth-order valence-electron chi connectivity index (χ4n) is 1.70. The lowest BCUT2D eigenvalue weighted by atomic mass is 9.96. The zero-order valence-electron chi connectivity index (χ0n) is 8.16. The van der Waals surface area contributed by atoms with Gasteiger partial charge in [0, 0.05) is 18.8 Å². The summed E-state index contributed by atoms with van der Waals surface area (Å²) in [5, 5.41) is 0. The van der Waals surface area contributed by atoms with Gasteiger partial charge < -0.3 is 15.9 Å².